The fraction of sp³-hybridized carbons (Fsp3) is 0.556. The summed E-state index contributed by atoms with van der Waals surface area (Å²) >= 11 is 0. The molecule has 0 spiro atoms. The first-order valence-electron chi connectivity index (χ1n) is 7.85. The molecule has 1 N–H and O–H groups in total. The van der Waals surface area contributed by atoms with Gasteiger partial charge in [0, 0.05) is 24.8 Å². The monoisotopic (exact) mass is 274 g/mol. The summed E-state index contributed by atoms with van der Waals surface area (Å²) in [6.07, 6.45) is 2.28. The molecule has 0 aromatic heterocycles. The van der Waals surface area contributed by atoms with Gasteiger partial charge < -0.3 is 10.2 Å². The van der Waals surface area contributed by atoms with E-state index in [9.17, 15) is 0 Å². The third-order valence-corrected chi connectivity index (χ3v) is 3.54. The molecule has 0 saturated heterocycles. The molecule has 0 fully saturated rings. The van der Waals surface area contributed by atoms with Crippen molar-refractivity contribution in [2.45, 2.75) is 46.6 Å². The number of likely N-dealkylation sites (N-methyl/N-ethyl adjacent to an activating group) is 1. The van der Waals surface area contributed by atoms with E-state index in [2.05, 4.69) is 68.8 Å². The zero-order chi connectivity index (χ0) is 15.0. The van der Waals surface area contributed by atoms with Gasteiger partial charge >= 0.3 is 0 Å². The Kier molecular flexibility index (Phi) is 7.38. The molecule has 0 aliphatic carbocycles. The quantitative estimate of drug-likeness (QED) is 0.665. The molecule has 1 aromatic carbocycles. The molecule has 1 aromatic rings. The van der Waals surface area contributed by atoms with Crippen LogP contribution in [0.2, 0.25) is 0 Å². The molecule has 0 heterocycles. The molecule has 2 nitrogen and oxygen atoms in total. The van der Waals surface area contributed by atoms with Crippen molar-refractivity contribution in [2.24, 2.45) is 0 Å². The molecule has 2 heteroatoms. The highest BCUT2D eigenvalue weighted by atomic mass is 15.1. The second-order valence-electron chi connectivity index (χ2n) is 5.45. The number of nitrogens with zero attached hydrogens (tertiary/aromatic N) is 1. The van der Waals surface area contributed by atoms with Crippen molar-refractivity contribution in [2.75, 3.05) is 24.5 Å². The topological polar surface area (TPSA) is 15.3 Å². The molecule has 1 atom stereocenters. The van der Waals surface area contributed by atoms with Crippen LogP contribution in [0.4, 0.5) is 5.69 Å². The first-order chi connectivity index (χ1) is 9.63. The average Bonchev–Trinajstić information content (AvgIpc) is 2.46. The molecular weight excluding hydrogens is 244 g/mol. The molecule has 0 amide bonds. The van der Waals surface area contributed by atoms with Gasteiger partial charge in [0.25, 0.3) is 0 Å². The number of benzene rings is 1. The molecule has 0 aliphatic heterocycles. The van der Waals surface area contributed by atoms with E-state index in [0.29, 0.717) is 6.04 Å². The van der Waals surface area contributed by atoms with Crippen molar-refractivity contribution in [1.29, 1.82) is 0 Å². The Labute approximate surface area is 124 Å². The van der Waals surface area contributed by atoms with Crippen LogP contribution in [0.3, 0.4) is 0 Å². The molecule has 20 heavy (non-hydrogen) atoms. The maximum Gasteiger partial charge on any atom is 0.0417 e. The largest absolute Gasteiger partial charge is 0.368 e. The Morgan fingerprint density at radius 3 is 2.50 bits per heavy atom. The lowest BCUT2D eigenvalue weighted by molar-refractivity contribution is 0.518. The van der Waals surface area contributed by atoms with Crippen molar-refractivity contribution >= 4 is 5.69 Å². The normalized spacial score (nSPS) is 12.2. The molecule has 0 radical (unpaired) electrons. The molecule has 0 bridgehead atoms. The predicted octanol–water partition coefficient (Wildman–Crippen LogP) is 4.54. The Balaban J connectivity index is 3.03. The lowest BCUT2D eigenvalue weighted by Gasteiger charge is -2.29. The molecule has 0 aliphatic rings. The van der Waals surface area contributed by atoms with Gasteiger partial charge in [-0.15, -0.1) is 0 Å². The molecule has 0 saturated carbocycles. The van der Waals surface area contributed by atoms with Crippen molar-refractivity contribution in [1.82, 2.24) is 5.32 Å². The summed E-state index contributed by atoms with van der Waals surface area (Å²) in [4.78, 5) is 2.41. The lowest BCUT2D eigenvalue weighted by atomic mass is 10.0. The maximum atomic E-state index is 4.06. The van der Waals surface area contributed by atoms with Gasteiger partial charge in [-0.25, -0.2) is 0 Å². The number of hydrogen-bond acceptors (Lipinski definition) is 2. The van der Waals surface area contributed by atoms with E-state index in [4.69, 9.17) is 0 Å². The summed E-state index contributed by atoms with van der Waals surface area (Å²) in [5, 5.41) is 3.66. The third-order valence-electron chi connectivity index (χ3n) is 3.54. The van der Waals surface area contributed by atoms with E-state index >= 15 is 0 Å². The van der Waals surface area contributed by atoms with Gasteiger partial charge in [0.2, 0.25) is 0 Å². The van der Waals surface area contributed by atoms with Gasteiger partial charge in [0.05, 0.1) is 0 Å². The zero-order valence-electron chi connectivity index (χ0n) is 13.6. The van der Waals surface area contributed by atoms with Gasteiger partial charge in [-0.3, -0.25) is 0 Å². The van der Waals surface area contributed by atoms with Crippen LogP contribution in [0.5, 0.6) is 0 Å². The Morgan fingerprint density at radius 1 is 1.25 bits per heavy atom. The molecule has 1 rings (SSSR count). The number of para-hydroxylation sites is 1. The summed E-state index contributed by atoms with van der Waals surface area (Å²) in [5.74, 6) is 0. The van der Waals surface area contributed by atoms with Crippen LogP contribution in [0, 0.1) is 0 Å². The van der Waals surface area contributed by atoms with E-state index in [-0.39, 0.29) is 0 Å². The van der Waals surface area contributed by atoms with Gasteiger partial charge in [-0.05, 0) is 44.9 Å². The SMILES string of the molecule is C=C(C)CN(CC)c1ccccc1C(CC)NCCC. The van der Waals surface area contributed by atoms with E-state index in [1.807, 2.05) is 0 Å². The third kappa shape index (κ3) is 4.68. The van der Waals surface area contributed by atoms with Crippen LogP contribution in [0.15, 0.2) is 36.4 Å². The molecule has 112 valence electrons. The van der Waals surface area contributed by atoms with E-state index in [1.54, 1.807) is 0 Å². The van der Waals surface area contributed by atoms with Crippen LogP contribution in [-0.2, 0) is 0 Å². The molecular formula is C18H30N2. The van der Waals surface area contributed by atoms with Crippen molar-refractivity contribution in [3.63, 3.8) is 0 Å². The zero-order valence-corrected chi connectivity index (χ0v) is 13.6. The summed E-state index contributed by atoms with van der Waals surface area (Å²) < 4.78 is 0. The highest BCUT2D eigenvalue weighted by molar-refractivity contribution is 5.55. The Morgan fingerprint density at radius 2 is 1.95 bits per heavy atom. The fourth-order valence-corrected chi connectivity index (χ4v) is 2.56. The summed E-state index contributed by atoms with van der Waals surface area (Å²) in [6.45, 7) is 15.8. The van der Waals surface area contributed by atoms with Crippen LogP contribution in [0.25, 0.3) is 0 Å². The first-order valence-corrected chi connectivity index (χ1v) is 7.85. The highest BCUT2D eigenvalue weighted by Crippen LogP contribution is 2.28. The van der Waals surface area contributed by atoms with Crippen LogP contribution in [-0.4, -0.2) is 19.6 Å². The van der Waals surface area contributed by atoms with Crippen molar-refractivity contribution in [3.05, 3.63) is 42.0 Å². The number of hydrogen-bond donors (Lipinski definition) is 1. The minimum absolute atomic E-state index is 0.435. The summed E-state index contributed by atoms with van der Waals surface area (Å²) in [6, 6.07) is 9.20. The second-order valence-corrected chi connectivity index (χ2v) is 5.45. The second kappa shape index (κ2) is 8.80. The Bertz CT molecular complexity index is 412. The fourth-order valence-electron chi connectivity index (χ4n) is 2.56. The van der Waals surface area contributed by atoms with Gasteiger partial charge in [0.1, 0.15) is 0 Å². The van der Waals surface area contributed by atoms with Gasteiger partial charge in [0.15, 0.2) is 0 Å². The van der Waals surface area contributed by atoms with E-state index in [0.717, 1.165) is 26.1 Å². The minimum Gasteiger partial charge on any atom is -0.368 e. The number of anilines is 1. The average molecular weight is 274 g/mol. The summed E-state index contributed by atoms with van der Waals surface area (Å²) in [7, 11) is 0. The lowest BCUT2D eigenvalue weighted by Crippen LogP contribution is -2.28. The predicted molar refractivity (Wildman–Crippen MR) is 90.5 cm³/mol. The van der Waals surface area contributed by atoms with Gasteiger partial charge in [-0.2, -0.15) is 0 Å². The smallest absolute Gasteiger partial charge is 0.0417 e. The van der Waals surface area contributed by atoms with Crippen molar-refractivity contribution in [3.8, 4) is 0 Å². The van der Waals surface area contributed by atoms with Crippen LogP contribution < -0.4 is 10.2 Å². The summed E-state index contributed by atoms with van der Waals surface area (Å²) in [5.41, 5.74) is 3.95. The molecule has 1 unspecified atom stereocenters. The van der Waals surface area contributed by atoms with Crippen LogP contribution >= 0.6 is 0 Å². The van der Waals surface area contributed by atoms with Gasteiger partial charge in [-0.1, -0.05) is 44.2 Å². The van der Waals surface area contributed by atoms with Crippen molar-refractivity contribution < 1.29 is 0 Å². The van der Waals surface area contributed by atoms with Crippen LogP contribution in [0.1, 0.15) is 52.1 Å². The standard InChI is InChI=1S/C18H30N2/c1-6-13-19-17(7-2)16-11-9-10-12-18(16)20(8-3)14-15(4)5/h9-12,17,19H,4,6-8,13-14H2,1-3,5H3. The maximum absolute atomic E-state index is 4.06. The minimum atomic E-state index is 0.435. The first kappa shape index (κ1) is 16.8. The number of nitrogens with one attached hydrogen (secondary N) is 1. The van der Waals surface area contributed by atoms with E-state index < -0.39 is 0 Å². The Hall–Kier alpha value is -1.28. The highest BCUT2D eigenvalue weighted by Gasteiger charge is 2.16. The number of rotatable bonds is 9. The van der Waals surface area contributed by atoms with E-state index in [1.165, 1.54) is 23.2 Å².